The first-order chi connectivity index (χ1) is 8.16. The third kappa shape index (κ3) is 2.79. The molecule has 1 aliphatic rings. The van der Waals surface area contributed by atoms with Gasteiger partial charge in [-0.25, -0.2) is 9.78 Å². The van der Waals surface area contributed by atoms with E-state index in [1.165, 1.54) is 18.3 Å². The summed E-state index contributed by atoms with van der Waals surface area (Å²) >= 11 is 0. The van der Waals surface area contributed by atoms with Crippen LogP contribution in [0, 0.1) is 0 Å². The van der Waals surface area contributed by atoms with E-state index in [-0.39, 0.29) is 17.6 Å². The highest BCUT2D eigenvalue weighted by Crippen LogP contribution is 2.10. The lowest BCUT2D eigenvalue weighted by atomic mass is 10.2. The Morgan fingerprint density at radius 2 is 2.29 bits per heavy atom. The standard InChI is InChI=1S/C11H13N3O3/c15-10(8-2-1-5-12-8)14-7-3-4-9(11(16)17)13-6-7/h3-4,6,8,12H,1-2,5H2,(H,14,15)(H,16,17)/t8-/m0/s1. The van der Waals surface area contributed by atoms with Crippen LogP contribution in [0.4, 0.5) is 5.69 Å². The van der Waals surface area contributed by atoms with Crippen molar-refractivity contribution in [3.05, 3.63) is 24.0 Å². The van der Waals surface area contributed by atoms with Gasteiger partial charge in [0.1, 0.15) is 5.69 Å². The van der Waals surface area contributed by atoms with Crippen molar-refractivity contribution < 1.29 is 14.7 Å². The molecule has 6 nitrogen and oxygen atoms in total. The van der Waals surface area contributed by atoms with E-state index in [2.05, 4.69) is 15.6 Å². The van der Waals surface area contributed by atoms with Gasteiger partial charge in [-0.1, -0.05) is 0 Å². The number of aromatic carboxylic acids is 1. The van der Waals surface area contributed by atoms with Crippen LogP contribution in [0.3, 0.4) is 0 Å². The topological polar surface area (TPSA) is 91.3 Å². The van der Waals surface area contributed by atoms with E-state index in [0.717, 1.165) is 19.4 Å². The third-order valence-corrected chi connectivity index (χ3v) is 2.63. The highest BCUT2D eigenvalue weighted by Gasteiger charge is 2.21. The Morgan fingerprint density at radius 1 is 1.47 bits per heavy atom. The number of aromatic nitrogens is 1. The summed E-state index contributed by atoms with van der Waals surface area (Å²) in [6.45, 7) is 0.855. The molecule has 1 aliphatic heterocycles. The number of hydrogen-bond donors (Lipinski definition) is 3. The molecule has 2 heterocycles. The van der Waals surface area contributed by atoms with Gasteiger partial charge in [-0.05, 0) is 31.5 Å². The lowest BCUT2D eigenvalue weighted by Gasteiger charge is -2.10. The molecular formula is C11H13N3O3. The second-order valence-electron chi connectivity index (χ2n) is 3.88. The minimum absolute atomic E-state index is 0.0398. The minimum Gasteiger partial charge on any atom is -0.477 e. The summed E-state index contributed by atoms with van der Waals surface area (Å²) in [7, 11) is 0. The molecule has 0 bridgehead atoms. The number of carboxylic acid groups (broad SMARTS) is 1. The molecule has 1 aromatic heterocycles. The predicted octanol–water partition coefficient (Wildman–Crippen LogP) is 0.470. The maximum atomic E-state index is 11.7. The van der Waals surface area contributed by atoms with E-state index in [1.807, 2.05) is 0 Å². The molecule has 0 spiro atoms. The second-order valence-corrected chi connectivity index (χ2v) is 3.88. The number of carbonyl (C=O) groups excluding carboxylic acids is 1. The Labute approximate surface area is 98.1 Å². The number of rotatable bonds is 3. The van der Waals surface area contributed by atoms with Crippen molar-refractivity contribution in [1.29, 1.82) is 0 Å². The van der Waals surface area contributed by atoms with Gasteiger partial charge in [-0.3, -0.25) is 4.79 Å². The van der Waals surface area contributed by atoms with Crippen molar-refractivity contribution in [2.75, 3.05) is 11.9 Å². The molecule has 6 heteroatoms. The zero-order chi connectivity index (χ0) is 12.3. The van der Waals surface area contributed by atoms with Gasteiger partial charge in [0.2, 0.25) is 5.91 Å². The van der Waals surface area contributed by atoms with Gasteiger partial charge < -0.3 is 15.7 Å². The van der Waals surface area contributed by atoms with Crippen molar-refractivity contribution >= 4 is 17.6 Å². The average molecular weight is 235 g/mol. The normalized spacial score (nSPS) is 18.9. The lowest BCUT2D eigenvalue weighted by Crippen LogP contribution is -2.35. The lowest BCUT2D eigenvalue weighted by molar-refractivity contribution is -0.117. The molecule has 1 saturated heterocycles. The van der Waals surface area contributed by atoms with Gasteiger partial charge in [0.25, 0.3) is 0 Å². The van der Waals surface area contributed by atoms with Gasteiger partial charge in [0.05, 0.1) is 17.9 Å². The second kappa shape index (κ2) is 4.92. The summed E-state index contributed by atoms with van der Waals surface area (Å²) < 4.78 is 0. The van der Waals surface area contributed by atoms with Crippen LogP contribution in [0.2, 0.25) is 0 Å². The molecule has 0 aromatic carbocycles. The molecule has 1 fully saturated rings. The Hall–Kier alpha value is -1.95. The fourth-order valence-electron chi connectivity index (χ4n) is 1.73. The fraction of sp³-hybridized carbons (Fsp3) is 0.364. The number of hydrogen-bond acceptors (Lipinski definition) is 4. The summed E-state index contributed by atoms with van der Waals surface area (Å²) in [4.78, 5) is 26.0. The third-order valence-electron chi connectivity index (χ3n) is 2.63. The fourth-order valence-corrected chi connectivity index (χ4v) is 1.73. The van der Waals surface area contributed by atoms with Crippen LogP contribution in [0.25, 0.3) is 0 Å². The molecule has 3 N–H and O–H groups in total. The molecule has 0 unspecified atom stereocenters. The van der Waals surface area contributed by atoms with Crippen molar-refractivity contribution in [2.24, 2.45) is 0 Å². The number of nitrogens with one attached hydrogen (secondary N) is 2. The average Bonchev–Trinajstić information content (AvgIpc) is 2.83. The smallest absolute Gasteiger partial charge is 0.354 e. The van der Waals surface area contributed by atoms with Gasteiger partial charge >= 0.3 is 5.97 Å². The largest absolute Gasteiger partial charge is 0.477 e. The van der Waals surface area contributed by atoms with Crippen LogP contribution < -0.4 is 10.6 Å². The number of carbonyl (C=O) groups is 2. The van der Waals surface area contributed by atoms with E-state index in [9.17, 15) is 9.59 Å². The van der Waals surface area contributed by atoms with E-state index in [1.54, 1.807) is 0 Å². The zero-order valence-corrected chi connectivity index (χ0v) is 9.14. The first-order valence-electron chi connectivity index (χ1n) is 5.40. The predicted molar refractivity (Wildman–Crippen MR) is 60.9 cm³/mol. The van der Waals surface area contributed by atoms with E-state index in [0.29, 0.717) is 5.69 Å². The Morgan fingerprint density at radius 3 is 2.82 bits per heavy atom. The maximum Gasteiger partial charge on any atom is 0.354 e. The Bertz CT molecular complexity index is 424. The molecule has 0 aliphatic carbocycles. The van der Waals surface area contributed by atoms with Gasteiger partial charge in [-0.2, -0.15) is 0 Å². The Balaban J connectivity index is 1.98. The molecular weight excluding hydrogens is 222 g/mol. The van der Waals surface area contributed by atoms with Gasteiger partial charge in [0.15, 0.2) is 0 Å². The highest BCUT2D eigenvalue weighted by atomic mass is 16.4. The SMILES string of the molecule is O=C(O)c1ccc(NC(=O)[C@@H]2CCCN2)cn1. The molecule has 1 aromatic rings. The quantitative estimate of drug-likeness (QED) is 0.708. The first-order valence-corrected chi connectivity index (χ1v) is 5.40. The van der Waals surface area contributed by atoms with Crippen molar-refractivity contribution in [2.45, 2.75) is 18.9 Å². The summed E-state index contributed by atoms with van der Waals surface area (Å²) in [6.07, 6.45) is 3.16. The summed E-state index contributed by atoms with van der Waals surface area (Å²) in [5.41, 5.74) is 0.468. The van der Waals surface area contributed by atoms with Crippen molar-refractivity contribution in [1.82, 2.24) is 10.3 Å². The molecule has 0 radical (unpaired) electrons. The summed E-state index contributed by atoms with van der Waals surface area (Å²) in [5.74, 6) is -1.19. The van der Waals surface area contributed by atoms with Crippen LogP contribution in [0.1, 0.15) is 23.3 Å². The maximum absolute atomic E-state index is 11.7. The van der Waals surface area contributed by atoms with Crippen molar-refractivity contribution in [3.63, 3.8) is 0 Å². The van der Waals surface area contributed by atoms with E-state index in [4.69, 9.17) is 5.11 Å². The number of amides is 1. The van der Waals surface area contributed by atoms with Crippen LogP contribution >= 0.6 is 0 Å². The summed E-state index contributed by atoms with van der Waals surface area (Å²) in [5, 5.41) is 14.4. The molecule has 1 atom stereocenters. The van der Waals surface area contributed by atoms with Crippen molar-refractivity contribution in [3.8, 4) is 0 Å². The molecule has 90 valence electrons. The van der Waals surface area contributed by atoms with Crippen LogP contribution in [-0.2, 0) is 4.79 Å². The molecule has 17 heavy (non-hydrogen) atoms. The zero-order valence-electron chi connectivity index (χ0n) is 9.14. The highest BCUT2D eigenvalue weighted by molar-refractivity contribution is 5.95. The molecule has 0 saturated carbocycles. The Kier molecular flexibility index (Phi) is 3.34. The van der Waals surface area contributed by atoms with Gasteiger partial charge in [-0.15, -0.1) is 0 Å². The molecule has 2 rings (SSSR count). The number of nitrogens with zero attached hydrogens (tertiary/aromatic N) is 1. The van der Waals surface area contributed by atoms with Gasteiger partial charge in [0, 0.05) is 0 Å². The van der Waals surface area contributed by atoms with E-state index < -0.39 is 5.97 Å². The minimum atomic E-state index is -1.08. The molecule has 1 amide bonds. The monoisotopic (exact) mass is 235 g/mol. The number of pyridine rings is 1. The number of anilines is 1. The van der Waals surface area contributed by atoms with Crippen LogP contribution in [0.5, 0.6) is 0 Å². The summed E-state index contributed by atoms with van der Waals surface area (Å²) in [6, 6.07) is 2.73. The van der Waals surface area contributed by atoms with Crippen LogP contribution in [0.15, 0.2) is 18.3 Å². The number of carboxylic acids is 1. The van der Waals surface area contributed by atoms with Crippen LogP contribution in [-0.4, -0.2) is 34.6 Å². The van der Waals surface area contributed by atoms with E-state index >= 15 is 0 Å². The first kappa shape index (κ1) is 11.5.